The highest BCUT2D eigenvalue weighted by molar-refractivity contribution is 6.02. The number of nitrogens with zero attached hydrogens (tertiary/aromatic N) is 4. The van der Waals surface area contributed by atoms with E-state index in [1.807, 2.05) is 35.0 Å². The predicted octanol–water partition coefficient (Wildman–Crippen LogP) is 3.31. The van der Waals surface area contributed by atoms with E-state index in [4.69, 9.17) is 0 Å². The monoisotopic (exact) mass is 311 g/mol. The van der Waals surface area contributed by atoms with E-state index < -0.39 is 0 Å². The zero-order valence-corrected chi connectivity index (χ0v) is 13.5. The topological polar surface area (TPSA) is 64.7 Å². The van der Waals surface area contributed by atoms with Crippen molar-refractivity contribution in [1.29, 1.82) is 0 Å². The molecule has 2 aromatic heterocycles. The SMILES string of the molecule is CCCn1ccc(C(=O)Nc2nc3ccccc3n2CCC)n1. The number of anilines is 1. The van der Waals surface area contributed by atoms with Gasteiger partial charge in [-0.3, -0.25) is 14.8 Å². The van der Waals surface area contributed by atoms with Gasteiger partial charge < -0.3 is 4.57 Å². The molecule has 0 bridgehead atoms. The van der Waals surface area contributed by atoms with Gasteiger partial charge in [-0.1, -0.05) is 26.0 Å². The maximum atomic E-state index is 12.4. The zero-order chi connectivity index (χ0) is 16.2. The van der Waals surface area contributed by atoms with Crippen LogP contribution >= 0.6 is 0 Å². The molecule has 6 nitrogen and oxygen atoms in total. The van der Waals surface area contributed by atoms with Gasteiger partial charge >= 0.3 is 0 Å². The van der Waals surface area contributed by atoms with Gasteiger partial charge in [-0.2, -0.15) is 5.10 Å². The van der Waals surface area contributed by atoms with Crippen LogP contribution in [0.15, 0.2) is 36.5 Å². The third-order valence-electron chi connectivity index (χ3n) is 3.65. The first-order chi connectivity index (χ1) is 11.2. The van der Waals surface area contributed by atoms with Gasteiger partial charge in [-0.25, -0.2) is 4.98 Å². The molecular formula is C17H21N5O. The average Bonchev–Trinajstić information content (AvgIpc) is 3.14. The van der Waals surface area contributed by atoms with Crippen molar-refractivity contribution in [1.82, 2.24) is 19.3 Å². The van der Waals surface area contributed by atoms with E-state index in [2.05, 4.69) is 29.2 Å². The van der Waals surface area contributed by atoms with Gasteiger partial charge in [0.15, 0.2) is 5.69 Å². The minimum atomic E-state index is -0.229. The molecule has 1 amide bonds. The quantitative estimate of drug-likeness (QED) is 0.759. The maximum Gasteiger partial charge on any atom is 0.278 e. The molecule has 0 fully saturated rings. The molecule has 0 aliphatic rings. The summed E-state index contributed by atoms with van der Waals surface area (Å²) in [6.07, 6.45) is 3.77. The van der Waals surface area contributed by atoms with Gasteiger partial charge in [-0.05, 0) is 31.0 Å². The minimum Gasteiger partial charge on any atom is -0.310 e. The highest BCUT2D eigenvalue weighted by Gasteiger charge is 2.15. The molecule has 1 aromatic carbocycles. The summed E-state index contributed by atoms with van der Waals surface area (Å²) in [5.74, 6) is 0.343. The molecular weight excluding hydrogens is 290 g/mol. The van der Waals surface area contributed by atoms with Crippen molar-refractivity contribution in [2.24, 2.45) is 0 Å². The Morgan fingerprint density at radius 1 is 1.13 bits per heavy atom. The van der Waals surface area contributed by atoms with E-state index in [1.54, 1.807) is 10.7 Å². The minimum absolute atomic E-state index is 0.229. The van der Waals surface area contributed by atoms with E-state index in [-0.39, 0.29) is 5.91 Å². The number of para-hydroxylation sites is 2. The number of hydrogen-bond acceptors (Lipinski definition) is 3. The van der Waals surface area contributed by atoms with Crippen LogP contribution in [0, 0.1) is 0 Å². The predicted molar refractivity (Wildman–Crippen MR) is 90.5 cm³/mol. The van der Waals surface area contributed by atoms with Gasteiger partial charge in [-0.15, -0.1) is 0 Å². The van der Waals surface area contributed by atoms with Gasteiger partial charge in [0.05, 0.1) is 11.0 Å². The summed E-state index contributed by atoms with van der Waals surface area (Å²) in [7, 11) is 0. The molecule has 0 atom stereocenters. The number of imidazole rings is 1. The van der Waals surface area contributed by atoms with Gasteiger partial charge in [0, 0.05) is 19.3 Å². The van der Waals surface area contributed by atoms with Crippen LogP contribution in [0.1, 0.15) is 37.2 Å². The van der Waals surface area contributed by atoms with Crippen molar-refractivity contribution in [2.45, 2.75) is 39.8 Å². The number of nitrogens with one attached hydrogen (secondary N) is 1. The van der Waals surface area contributed by atoms with Crippen molar-refractivity contribution >= 4 is 22.9 Å². The number of carbonyl (C=O) groups is 1. The third-order valence-corrected chi connectivity index (χ3v) is 3.65. The molecule has 2 heterocycles. The molecule has 1 N–H and O–H groups in total. The summed E-state index contributed by atoms with van der Waals surface area (Å²) < 4.78 is 3.82. The molecule has 0 aliphatic heterocycles. The Morgan fingerprint density at radius 3 is 2.70 bits per heavy atom. The fourth-order valence-electron chi connectivity index (χ4n) is 2.62. The smallest absolute Gasteiger partial charge is 0.278 e. The zero-order valence-electron chi connectivity index (χ0n) is 13.5. The molecule has 0 unspecified atom stereocenters. The standard InChI is InChI=1S/C17H21N5O/c1-3-10-21-12-9-14(20-21)16(23)19-17-18-13-7-5-6-8-15(13)22(17)11-4-2/h5-9,12H,3-4,10-11H2,1-2H3,(H,18,19,23). The molecule has 0 aliphatic carbocycles. The highest BCUT2D eigenvalue weighted by atomic mass is 16.2. The largest absolute Gasteiger partial charge is 0.310 e. The lowest BCUT2D eigenvalue weighted by Gasteiger charge is -2.08. The highest BCUT2D eigenvalue weighted by Crippen LogP contribution is 2.20. The van der Waals surface area contributed by atoms with Crippen LogP contribution in [0.5, 0.6) is 0 Å². The second kappa shape index (κ2) is 6.64. The van der Waals surface area contributed by atoms with Crippen LogP contribution < -0.4 is 5.32 Å². The molecule has 0 spiro atoms. The number of aromatic nitrogens is 4. The number of rotatable bonds is 6. The summed E-state index contributed by atoms with van der Waals surface area (Å²) in [6, 6.07) is 9.63. The lowest BCUT2D eigenvalue weighted by Crippen LogP contribution is -2.17. The van der Waals surface area contributed by atoms with E-state index in [0.717, 1.165) is 37.0 Å². The molecule has 120 valence electrons. The van der Waals surface area contributed by atoms with Gasteiger partial charge in [0.2, 0.25) is 5.95 Å². The molecule has 23 heavy (non-hydrogen) atoms. The molecule has 3 aromatic rings. The molecule has 0 saturated carbocycles. The van der Waals surface area contributed by atoms with Crippen LogP contribution in [0.25, 0.3) is 11.0 Å². The van der Waals surface area contributed by atoms with Crippen molar-refractivity contribution in [3.8, 4) is 0 Å². The summed E-state index contributed by atoms with van der Waals surface area (Å²) >= 11 is 0. The Kier molecular flexibility index (Phi) is 4.41. The van der Waals surface area contributed by atoms with Crippen molar-refractivity contribution in [3.05, 3.63) is 42.2 Å². The molecule has 0 radical (unpaired) electrons. The average molecular weight is 311 g/mol. The number of amides is 1. The van der Waals surface area contributed by atoms with Crippen molar-refractivity contribution in [2.75, 3.05) is 5.32 Å². The van der Waals surface area contributed by atoms with Crippen LogP contribution in [-0.4, -0.2) is 25.2 Å². The Morgan fingerprint density at radius 2 is 1.91 bits per heavy atom. The summed E-state index contributed by atoms with van der Waals surface area (Å²) in [5.41, 5.74) is 2.32. The molecule has 3 rings (SSSR count). The van der Waals surface area contributed by atoms with Gasteiger partial charge in [0.1, 0.15) is 0 Å². The third kappa shape index (κ3) is 3.11. The normalized spacial score (nSPS) is 11.0. The first-order valence-electron chi connectivity index (χ1n) is 8.03. The lowest BCUT2D eigenvalue weighted by atomic mass is 10.3. The second-order valence-corrected chi connectivity index (χ2v) is 5.49. The molecule has 0 saturated heterocycles. The number of fused-ring (bicyclic) bond motifs is 1. The Hall–Kier alpha value is -2.63. The number of benzene rings is 1. The number of hydrogen-bond donors (Lipinski definition) is 1. The fraction of sp³-hybridized carbons (Fsp3) is 0.353. The van der Waals surface area contributed by atoms with Crippen LogP contribution in [0.4, 0.5) is 5.95 Å². The number of aryl methyl sites for hydroxylation is 2. The number of carbonyl (C=O) groups excluding carboxylic acids is 1. The van der Waals surface area contributed by atoms with Crippen LogP contribution in [-0.2, 0) is 13.1 Å². The Bertz CT molecular complexity index is 817. The fourth-order valence-corrected chi connectivity index (χ4v) is 2.62. The first-order valence-corrected chi connectivity index (χ1v) is 8.03. The van der Waals surface area contributed by atoms with E-state index in [9.17, 15) is 4.79 Å². The van der Waals surface area contributed by atoms with E-state index in [1.165, 1.54) is 0 Å². The summed E-state index contributed by atoms with van der Waals surface area (Å²) in [5, 5.41) is 7.19. The second-order valence-electron chi connectivity index (χ2n) is 5.49. The molecule has 6 heteroatoms. The maximum absolute atomic E-state index is 12.4. The van der Waals surface area contributed by atoms with E-state index >= 15 is 0 Å². The Labute approximate surface area is 135 Å². The summed E-state index contributed by atoms with van der Waals surface area (Å²) in [6.45, 7) is 5.79. The first kappa shape index (κ1) is 15.3. The van der Waals surface area contributed by atoms with Crippen LogP contribution in [0.2, 0.25) is 0 Å². The van der Waals surface area contributed by atoms with Gasteiger partial charge in [0.25, 0.3) is 5.91 Å². The van der Waals surface area contributed by atoms with E-state index in [0.29, 0.717) is 11.6 Å². The van der Waals surface area contributed by atoms with Crippen molar-refractivity contribution in [3.63, 3.8) is 0 Å². The van der Waals surface area contributed by atoms with Crippen molar-refractivity contribution < 1.29 is 4.79 Å². The van der Waals surface area contributed by atoms with Crippen LogP contribution in [0.3, 0.4) is 0 Å². The Balaban J connectivity index is 1.87. The summed E-state index contributed by atoms with van der Waals surface area (Å²) in [4.78, 5) is 17.0. The lowest BCUT2D eigenvalue weighted by molar-refractivity contribution is 0.102.